The molecule has 0 bridgehead atoms. The van der Waals surface area contributed by atoms with Crippen LogP contribution >= 0.6 is 0 Å². The van der Waals surface area contributed by atoms with Crippen LogP contribution in [-0.2, 0) is 17.8 Å². The third kappa shape index (κ3) is 6.36. The minimum absolute atomic E-state index is 0.0222. The number of hydrogen-bond acceptors (Lipinski definition) is 3. The van der Waals surface area contributed by atoms with Gasteiger partial charge in [-0.3, -0.25) is 4.79 Å². The van der Waals surface area contributed by atoms with E-state index < -0.39 is 12.1 Å². The van der Waals surface area contributed by atoms with E-state index in [0.717, 1.165) is 22.3 Å². The number of carboxylic acid groups (broad SMARTS) is 1. The zero-order chi connectivity index (χ0) is 24.6. The van der Waals surface area contributed by atoms with E-state index in [2.05, 4.69) is 6.07 Å². The molecule has 0 aromatic heterocycles. The maximum atomic E-state index is 12.7. The van der Waals surface area contributed by atoms with Gasteiger partial charge in [0.15, 0.2) is 6.10 Å². The topological polar surface area (TPSA) is 66.8 Å². The molecule has 35 heavy (non-hydrogen) atoms. The van der Waals surface area contributed by atoms with Crippen molar-refractivity contribution in [2.45, 2.75) is 19.1 Å². The summed E-state index contributed by atoms with van der Waals surface area (Å²) in [5, 5.41) is 9.59. The molecule has 0 saturated carbocycles. The Labute approximate surface area is 205 Å². The lowest BCUT2D eigenvalue weighted by atomic mass is 9.99. The zero-order valence-electron chi connectivity index (χ0n) is 19.5. The Bertz CT molecular complexity index is 1270. The minimum atomic E-state index is -1.00. The van der Waals surface area contributed by atoms with Gasteiger partial charge in [-0.1, -0.05) is 78.9 Å². The van der Waals surface area contributed by atoms with Crippen molar-refractivity contribution in [1.82, 2.24) is 4.90 Å². The summed E-state index contributed by atoms with van der Waals surface area (Å²) in [6.07, 6.45) is -0.707. The highest BCUT2D eigenvalue weighted by molar-refractivity contribution is 5.94. The Morgan fingerprint density at radius 3 is 2.09 bits per heavy atom. The Kier molecular flexibility index (Phi) is 7.58. The van der Waals surface area contributed by atoms with Gasteiger partial charge in [0.1, 0.15) is 5.75 Å². The molecule has 5 nitrogen and oxygen atoms in total. The van der Waals surface area contributed by atoms with E-state index in [9.17, 15) is 14.7 Å². The van der Waals surface area contributed by atoms with E-state index in [1.807, 2.05) is 91.0 Å². The number of para-hydroxylation sites is 1. The molecule has 176 valence electrons. The van der Waals surface area contributed by atoms with Gasteiger partial charge in [0, 0.05) is 25.6 Å². The molecular formula is C30H27NO4. The van der Waals surface area contributed by atoms with E-state index in [1.165, 1.54) is 0 Å². The van der Waals surface area contributed by atoms with Gasteiger partial charge in [0.2, 0.25) is 0 Å². The Morgan fingerprint density at radius 2 is 1.43 bits per heavy atom. The molecule has 0 spiro atoms. The van der Waals surface area contributed by atoms with Gasteiger partial charge in [-0.15, -0.1) is 0 Å². The fraction of sp³-hybridized carbons (Fsp3) is 0.133. The first kappa shape index (κ1) is 23.8. The maximum Gasteiger partial charge on any atom is 0.345 e. The predicted octanol–water partition coefficient (Wildman–Crippen LogP) is 5.70. The molecular weight excluding hydrogens is 438 g/mol. The largest absolute Gasteiger partial charge is 0.478 e. The third-order valence-corrected chi connectivity index (χ3v) is 5.72. The molecule has 0 heterocycles. The smallest absolute Gasteiger partial charge is 0.345 e. The fourth-order valence-corrected chi connectivity index (χ4v) is 3.89. The van der Waals surface area contributed by atoms with Gasteiger partial charge in [-0.25, -0.2) is 4.79 Å². The van der Waals surface area contributed by atoms with Gasteiger partial charge in [0.25, 0.3) is 5.91 Å². The van der Waals surface area contributed by atoms with Gasteiger partial charge in [-0.05, 0) is 52.6 Å². The van der Waals surface area contributed by atoms with Crippen LogP contribution in [0.15, 0.2) is 109 Å². The Hall–Kier alpha value is -4.38. The second-order valence-corrected chi connectivity index (χ2v) is 8.39. The minimum Gasteiger partial charge on any atom is -0.478 e. The van der Waals surface area contributed by atoms with Crippen LogP contribution in [0.4, 0.5) is 0 Å². The first-order chi connectivity index (χ1) is 17.0. The molecule has 0 fully saturated rings. The zero-order valence-corrected chi connectivity index (χ0v) is 19.5. The SMILES string of the molecule is CN(Cc1cccc(-c2ccc(C[C@H](Oc3ccccc3)C(=O)O)cc2)c1)C(=O)c1ccccc1. The highest BCUT2D eigenvalue weighted by Gasteiger charge is 2.20. The third-order valence-electron chi connectivity index (χ3n) is 5.72. The lowest BCUT2D eigenvalue weighted by Gasteiger charge is -2.18. The normalized spacial score (nSPS) is 11.5. The van der Waals surface area contributed by atoms with Crippen molar-refractivity contribution in [2.24, 2.45) is 0 Å². The van der Waals surface area contributed by atoms with Gasteiger partial charge in [0.05, 0.1) is 0 Å². The molecule has 1 N–H and O–H groups in total. The van der Waals surface area contributed by atoms with Crippen LogP contribution in [0, 0.1) is 0 Å². The molecule has 1 atom stereocenters. The highest BCUT2D eigenvalue weighted by atomic mass is 16.5. The predicted molar refractivity (Wildman–Crippen MR) is 136 cm³/mol. The van der Waals surface area contributed by atoms with Crippen molar-refractivity contribution in [3.8, 4) is 16.9 Å². The van der Waals surface area contributed by atoms with Crippen molar-refractivity contribution >= 4 is 11.9 Å². The lowest BCUT2D eigenvalue weighted by molar-refractivity contribution is -0.145. The summed E-state index contributed by atoms with van der Waals surface area (Å²) in [6.45, 7) is 0.497. The summed E-state index contributed by atoms with van der Waals surface area (Å²) in [5.74, 6) is -0.491. The molecule has 0 unspecified atom stereocenters. The Balaban J connectivity index is 1.43. The van der Waals surface area contributed by atoms with Crippen LogP contribution in [0.3, 0.4) is 0 Å². The maximum absolute atomic E-state index is 12.7. The van der Waals surface area contributed by atoms with Crippen molar-refractivity contribution < 1.29 is 19.4 Å². The molecule has 4 aromatic rings. The molecule has 4 rings (SSSR count). The van der Waals surface area contributed by atoms with Crippen LogP contribution in [-0.4, -0.2) is 35.0 Å². The standard InChI is InChI=1S/C30H27NO4/c1-31(29(32)25-10-4-2-5-11-25)21-23-9-8-12-26(19-23)24-17-15-22(16-18-24)20-28(30(33)34)35-27-13-6-3-7-14-27/h2-19,28H,20-21H2,1H3,(H,33,34)/t28-/m0/s1. The number of amides is 1. The number of rotatable bonds is 9. The summed E-state index contributed by atoms with van der Waals surface area (Å²) in [7, 11) is 1.80. The van der Waals surface area contributed by atoms with E-state index in [0.29, 0.717) is 17.9 Å². The molecule has 4 aromatic carbocycles. The molecule has 0 radical (unpaired) electrons. The first-order valence-corrected chi connectivity index (χ1v) is 11.4. The first-order valence-electron chi connectivity index (χ1n) is 11.4. The average molecular weight is 466 g/mol. The van der Waals surface area contributed by atoms with E-state index in [1.54, 1.807) is 24.1 Å². The molecule has 0 aliphatic heterocycles. The quantitative estimate of drug-likeness (QED) is 0.344. The van der Waals surface area contributed by atoms with Crippen LogP contribution in [0.2, 0.25) is 0 Å². The number of benzene rings is 4. The van der Waals surface area contributed by atoms with Crippen LogP contribution in [0.25, 0.3) is 11.1 Å². The number of nitrogens with zero attached hydrogens (tertiary/aromatic N) is 1. The number of aliphatic carboxylic acids is 1. The summed E-state index contributed by atoms with van der Waals surface area (Å²) in [6, 6.07) is 34.1. The van der Waals surface area contributed by atoms with Gasteiger partial charge < -0.3 is 14.7 Å². The number of carboxylic acids is 1. The number of carbonyl (C=O) groups excluding carboxylic acids is 1. The summed E-state index contributed by atoms with van der Waals surface area (Å²) in [5.41, 5.74) is 4.62. The van der Waals surface area contributed by atoms with Gasteiger partial charge >= 0.3 is 5.97 Å². The summed E-state index contributed by atoms with van der Waals surface area (Å²) in [4.78, 5) is 26.1. The molecule has 0 aliphatic rings. The molecule has 0 aliphatic carbocycles. The van der Waals surface area contributed by atoms with E-state index in [-0.39, 0.29) is 12.3 Å². The van der Waals surface area contributed by atoms with Crippen molar-refractivity contribution in [1.29, 1.82) is 0 Å². The van der Waals surface area contributed by atoms with Crippen LogP contribution in [0.1, 0.15) is 21.5 Å². The van der Waals surface area contributed by atoms with Crippen molar-refractivity contribution in [2.75, 3.05) is 7.05 Å². The van der Waals surface area contributed by atoms with E-state index in [4.69, 9.17) is 4.74 Å². The Morgan fingerprint density at radius 1 is 0.771 bits per heavy atom. The highest BCUT2D eigenvalue weighted by Crippen LogP contribution is 2.23. The van der Waals surface area contributed by atoms with Crippen LogP contribution < -0.4 is 4.74 Å². The molecule has 5 heteroatoms. The number of hydrogen-bond donors (Lipinski definition) is 1. The second-order valence-electron chi connectivity index (χ2n) is 8.39. The fourth-order valence-electron chi connectivity index (χ4n) is 3.89. The summed E-state index contributed by atoms with van der Waals surface area (Å²) >= 11 is 0. The molecule has 1 amide bonds. The van der Waals surface area contributed by atoms with Crippen molar-refractivity contribution in [3.05, 3.63) is 126 Å². The monoisotopic (exact) mass is 465 g/mol. The number of ether oxygens (including phenoxy) is 1. The number of carbonyl (C=O) groups is 2. The summed E-state index contributed by atoms with van der Waals surface area (Å²) < 4.78 is 5.67. The second kappa shape index (κ2) is 11.2. The molecule has 0 saturated heterocycles. The van der Waals surface area contributed by atoms with Gasteiger partial charge in [-0.2, -0.15) is 0 Å². The average Bonchev–Trinajstić information content (AvgIpc) is 2.89. The van der Waals surface area contributed by atoms with Crippen molar-refractivity contribution in [3.63, 3.8) is 0 Å². The lowest BCUT2D eigenvalue weighted by Crippen LogP contribution is -2.29. The van der Waals surface area contributed by atoms with Crippen LogP contribution in [0.5, 0.6) is 5.75 Å². The van der Waals surface area contributed by atoms with E-state index >= 15 is 0 Å².